The average Bonchev–Trinajstić information content (AvgIpc) is 2.42. The number of nitrogens with two attached hydrogens (primary N) is 1. The van der Waals surface area contributed by atoms with E-state index in [1.165, 1.54) is 0 Å². The molecule has 0 aliphatic heterocycles. The Morgan fingerprint density at radius 1 is 1.24 bits per heavy atom. The number of benzene rings is 1. The second-order valence-electron chi connectivity index (χ2n) is 4.63. The van der Waals surface area contributed by atoms with Gasteiger partial charge < -0.3 is 16.4 Å². The van der Waals surface area contributed by atoms with Crippen LogP contribution in [-0.2, 0) is 0 Å². The van der Waals surface area contributed by atoms with E-state index in [0.29, 0.717) is 16.7 Å². The highest BCUT2D eigenvalue weighted by Gasteiger charge is 2.07. The van der Waals surface area contributed by atoms with Gasteiger partial charge in [-0.15, -0.1) is 0 Å². The first-order chi connectivity index (χ1) is 9.99. The van der Waals surface area contributed by atoms with Crippen molar-refractivity contribution in [3.8, 4) is 0 Å². The van der Waals surface area contributed by atoms with Gasteiger partial charge in [-0.05, 0) is 47.0 Å². The van der Waals surface area contributed by atoms with Crippen molar-refractivity contribution in [3.63, 3.8) is 0 Å². The maximum Gasteiger partial charge on any atom is 0.223 e. The number of hydrogen-bond donors (Lipinski definition) is 3. The van der Waals surface area contributed by atoms with Gasteiger partial charge in [0.2, 0.25) is 5.95 Å². The zero-order chi connectivity index (χ0) is 15.4. The van der Waals surface area contributed by atoms with Gasteiger partial charge in [0.25, 0.3) is 0 Å². The number of nitrogens with zero attached hydrogens (tertiary/aromatic N) is 2. The maximum absolute atomic E-state index is 6.15. The highest BCUT2D eigenvalue weighted by atomic mass is 79.9. The summed E-state index contributed by atoms with van der Waals surface area (Å²) in [4.78, 5) is 8.33. The van der Waals surface area contributed by atoms with Crippen LogP contribution in [0.4, 0.5) is 23.3 Å². The van der Waals surface area contributed by atoms with Gasteiger partial charge in [0, 0.05) is 22.1 Å². The zero-order valence-corrected chi connectivity index (χ0v) is 14.2. The van der Waals surface area contributed by atoms with Crippen LogP contribution in [-0.4, -0.2) is 16.5 Å². The fraction of sp³-hybridized carbons (Fsp3) is 0.286. The summed E-state index contributed by atoms with van der Waals surface area (Å²) < 4.78 is 0.907. The summed E-state index contributed by atoms with van der Waals surface area (Å²) in [6, 6.07) is 5.61. The number of halogens is 2. The van der Waals surface area contributed by atoms with Crippen molar-refractivity contribution in [3.05, 3.63) is 33.3 Å². The fourth-order valence-corrected chi connectivity index (χ4v) is 2.47. The van der Waals surface area contributed by atoms with Gasteiger partial charge in [-0.25, -0.2) is 0 Å². The minimum absolute atomic E-state index is 0.216. The average molecular weight is 371 g/mol. The smallest absolute Gasteiger partial charge is 0.223 e. The van der Waals surface area contributed by atoms with E-state index in [9.17, 15) is 0 Å². The van der Waals surface area contributed by atoms with Gasteiger partial charge >= 0.3 is 0 Å². The van der Waals surface area contributed by atoms with Crippen LogP contribution >= 0.6 is 27.5 Å². The molecule has 1 aromatic heterocycles. The molecule has 5 nitrogen and oxygen atoms in total. The first-order valence-corrected chi connectivity index (χ1v) is 7.77. The molecule has 4 N–H and O–H groups in total. The number of nitrogens with one attached hydrogen (secondary N) is 2. The summed E-state index contributed by atoms with van der Waals surface area (Å²) in [7, 11) is 0. The molecule has 0 spiro atoms. The summed E-state index contributed by atoms with van der Waals surface area (Å²) >= 11 is 9.66. The van der Waals surface area contributed by atoms with Gasteiger partial charge in [-0.3, -0.25) is 0 Å². The van der Waals surface area contributed by atoms with E-state index >= 15 is 0 Å². The highest BCUT2D eigenvalue weighted by molar-refractivity contribution is 9.10. The molecule has 0 atom stereocenters. The van der Waals surface area contributed by atoms with Crippen LogP contribution < -0.4 is 16.4 Å². The van der Waals surface area contributed by atoms with Crippen molar-refractivity contribution in [2.45, 2.75) is 20.3 Å². The summed E-state index contributed by atoms with van der Waals surface area (Å²) in [5, 5.41) is 7.07. The number of hydrogen-bond acceptors (Lipinski definition) is 5. The van der Waals surface area contributed by atoms with Crippen LogP contribution in [0.25, 0.3) is 0 Å². The maximum atomic E-state index is 6.15. The van der Waals surface area contributed by atoms with Crippen LogP contribution in [0.1, 0.15) is 18.9 Å². The van der Waals surface area contributed by atoms with E-state index in [4.69, 9.17) is 17.3 Å². The van der Waals surface area contributed by atoms with Crippen LogP contribution in [0.5, 0.6) is 0 Å². The second-order valence-corrected chi connectivity index (χ2v) is 5.89. The predicted molar refractivity (Wildman–Crippen MR) is 92.4 cm³/mol. The number of rotatable bonds is 5. The molecular formula is C14H17BrClN5. The Morgan fingerprint density at radius 3 is 2.67 bits per heavy atom. The normalized spacial score (nSPS) is 10.5. The van der Waals surface area contributed by atoms with Crippen LogP contribution in [0.3, 0.4) is 0 Å². The largest absolute Gasteiger partial charge is 0.370 e. The lowest BCUT2D eigenvalue weighted by Gasteiger charge is -2.12. The van der Waals surface area contributed by atoms with Gasteiger partial charge in [-0.2, -0.15) is 9.97 Å². The first kappa shape index (κ1) is 15.9. The Balaban J connectivity index is 2.27. The fourth-order valence-electron chi connectivity index (χ4n) is 1.75. The summed E-state index contributed by atoms with van der Waals surface area (Å²) in [5.74, 6) is 1.52. The number of aromatic nitrogens is 2. The lowest BCUT2D eigenvalue weighted by atomic mass is 10.2. The lowest BCUT2D eigenvalue weighted by Crippen LogP contribution is -2.07. The molecule has 0 saturated heterocycles. The number of aryl methyl sites for hydroxylation is 1. The standard InChI is InChI=1S/C14H17BrClN5/c1-3-4-18-12-7-13(21-14(17)20-12)19-11-6-10(16)8(2)5-9(11)15/h5-7H,3-4H2,1-2H3,(H4,17,18,19,20,21). The predicted octanol–water partition coefficient (Wildman–Crippen LogP) is 4.35. The van der Waals surface area contributed by atoms with Crippen molar-refractivity contribution >= 4 is 50.8 Å². The Kier molecular flexibility index (Phi) is 5.25. The molecule has 0 aliphatic rings. The monoisotopic (exact) mass is 369 g/mol. The Labute approximate surface area is 137 Å². The van der Waals surface area contributed by atoms with Crippen molar-refractivity contribution in [1.82, 2.24) is 9.97 Å². The number of anilines is 4. The molecule has 0 amide bonds. The molecule has 112 valence electrons. The molecule has 2 rings (SSSR count). The Morgan fingerprint density at radius 2 is 1.95 bits per heavy atom. The summed E-state index contributed by atoms with van der Waals surface area (Å²) in [6.07, 6.45) is 1.01. The molecule has 2 aromatic rings. The first-order valence-electron chi connectivity index (χ1n) is 6.60. The highest BCUT2D eigenvalue weighted by Crippen LogP contribution is 2.31. The molecular weight excluding hydrogens is 354 g/mol. The van der Waals surface area contributed by atoms with Gasteiger partial charge in [-0.1, -0.05) is 18.5 Å². The van der Waals surface area contributed by atoms with Crippen molar-refractivity contribution < 1.29 is 0 Å². The SMILES string of the molecule is CCCNc1cc(Nc2cc(Cl)c(C)cc2Br)nc(N)n1. The van der Waals surface area contributed by atoms with E-state index in [1.807, 2.05) is 25.1 Å². The van der Waals surface area contributed by atoms with Crippen LogP contribution in [0.15, 0.2) is 22.7 Å². The van der Waals surface area contributed by atoms with E-state index in [2.05, 4.69) is 43.5 Å². The minimum Gasteiger partial charge on any atom is -0.370 e. The molecule has 0 aliphatic carbocycles. The molecule has 0 bridgehead atoms. The summed E-state index contributed by atoms with van der Waals surface area (Å²) in [6.45, 7) is 4.87. The van der Waals surface area contributed by atoms with E-state index in [-0.39, 0.29) is 5.95 Å². The zero-order valence-electron chi connectivity index (χ0n) is 11.9. The molecule has 1 heterocycles. The Bertz CT molecular complexity index is 648. The molecule has 7 heteroatoms. The van der Waals surface area contributed by atoms with E-state index in [0.717, 1.165) is 28.7 Å². The van der Waals surface area contributed by atoms with Crippen molar-refractivity contribution in [2.75, 3.05) is 22.9 Å². The summed E-state index contributed by atoms with van der Waals surface area (Å²) in [5.41, 5.74) is 7.56. The third-order valence-corrected chi connectivity index (χ3v) is 3.87. The molecule has 1 aromatic carbocycles. The van der Waals surface area contributed by atoms with Crippen molar-refractivity contribution in [2.24, 2.45) is 0 Å². The second kappa shape index (κ2) is 6.95. The third-order valence-electron chi connectivity index (χ3n) is 2.81. The molecule has 21 heavy (non-hydrogen) atoms. The lowest BCUT2D eigenvalue weighted by molar-refractivity contribution is 0.967. The molecule has 0 saturated carbocycles. The van der Waals surface area contributed by atoms with Gasteiger partial charge in [0.1, 0.15) is 11.6 Å². The van der Waals surface area contributed by atoms with Crippen LogP contribution in [0.2, 0.25) is 5.02 Å². The topological polar surface area (TPSA) is 75.9 Å². The number of nitrogen functional groups attached to an aromatic ring is 1. The quantitative estimate of drug-likeness (QED) is 0.729. The third kappa shape index (κ3) is 4.22. The van der Waals surface area contributed by atoms with E-state index < -0.39 is 0 Å². The van der Waals surface area contributed by atoms with Gasteiger partial charge in [0.05, 0.1) is 5.69 Å². The molecule has 0 unspecified atom stereocenters. The van der Waals surface area contributed by atoms with Crippen LogP contribution in [0, 0.1) is 6.92 Å². The van der Waals surface area contributed by atoms with Crippen molar-refractivity contribution in [1.29, 1.82) is 0 Å². The minimum atomic E-state index is 0.216. The Hall–Kier alpha value is -1.53. The molecule has 0 radical (unpaired) electrons. The van der Waals surface area contributed by atoms with E-state index in [1.54, 1.807) is 0 Å². The van der Waals surface area contributed by atoms with Gasteiger partial charge in [0.15, 0.2) is 0 Å². The molecule has 0 fully saturated rings.